The highest BCUT2D eigenvalue weighted by molar-refractivity contribution is 5.85. The molecular formula is C17H24ClN3O2. The van der Waals surface area contributed by atoms with Crippen LogP contribution in [0.2, 0.25) is 0 Å². The molecule has 1 unspecified atom stereocenters. The SMILES string of the molecule is CC(=O)N1CCC(C(=O)N2C[C@@H](N)[C@H](c3ccccc3)C2)C1.Cl. The van der Waals surface area contributed by atoms with Crippen molar-refractivity contribution in [3.63, 3.8) is 0 Å². The van der Waals surface area contributed by atoms with E-state index >= 15 is 0 Å². The summed E-state index contributed by atoms with van der Waals surface area (Å²) in [6, 6.07) is 10.1. The number of amides is 2. The third kappa shape index (κ3) is 3.67. The molecule has 1 aromatic carbocycles. The van der Waals surface area contributed by atoms with E-state index < -0.39 is 0 Å². The van der Waals surface area contributed by atoms with Crippen molar-refractivity contribution in [3.05, 3.63) is 35.9 Å². The van der Waals surface area contributed by atoms with E-state index in [1.165, 1.54) is 5.56 Å². The minimum atomic E-state index is -0.0642. The quantitative estimate of drug-likeness (QED) is 0.882. The summed E-state index contributed by atoms with van der Waals surface area (Å²) in [6.07, 6.45) is 0.764. The van der Waals surface area contributed by atoms with Crippen LogP contribution in [0.25, 0.3) is 0 Å². The zero-order chi connectivity index (χ0) is 15.7. The Morgan fingerprint density at radius 2 is 1.78 bits per heavy atom. The summed E-state index contributed by atoms with van der Waals surface area (Å²) < 4.78 is 0. The summed E-state index contributed by atoms with van der Waals surface area (Å²) in [6.45, 7) is 4.09. The third-order valence-electron chi connectivity index (χ3n) is 4.89. The van der Waals surface area contributed by atoms with E-state index in [1.807, 2.05) is 23.1 Å². The van der Waals surface area contributed by atoms with E-state index in [4.69, 9.17) is 5.73 Å². The summed E-state index contributed by atoms with van der Waals surface area (Å²) >= 11 is 0. The van der Waals surface area contributed by atoms with E-state index in [2.05, 4.69) is 12.1 Å². The number of hydrogen-bond acceptors (Lipinski definition) is 3. The Labute approximate surface area is 143 Å². The van der Waals surface area contributed by atoms with Crippen LogP contribution in [-0.4, -0.2) is 53.8 Å². The van der Waals surface area contributed by atoms with Gasteiger partial charge in [0, 0.05) is 45.1 Å². The first-order chi connectivity index (χ1) is 10.6. The van der Waals surface area contributed by atoms with E-state index in [-0.39, 0.29) is 42.1 Å². The molecule has 0 aromatic heterocycles. The van der Waals surface area contributed by atoms with E-state index in [0.717, 1.165) is 6.42 Å². The van der Waals surface area contributed by atoms with Gasteiger partial charge in [-0.25, -0.2) is 0 Å². The molecule has 0 saturated carbocycles. The van der Waals surface area contributed by atoms with Gasteiger partial charge in [-0.1, -0.05) is 30.3 Å². The first-order valence-corrected chi connectivity index (χ1v) is 7.91. The van der Waals surface area contributed by atoms with Gasteiger partial charge in [0.15, 0.2) is 0 Å². The van der Waals surface area contributed by atoms with Crippen LogP contribution in [0.15, 0.2) is 30.3 Å². The lowest BCUT2D eigenvalue weighted by Crippen LogP contribution is -2.38. The highest BCUT2D eigenvalue weighted by atomic mass is 35.5. The Bertz CT molecular complexity index is 566. The van der Waals surface area contributed by atoms with Crippen molar-refractivity contribution < 1.29 is 9.59 Å². The fourth-order valence-electron chi connectivity index (χ4n) is 3.57. The van der Waals surface area contributed by atoms with Crippen LogP contribution in [0.3, 0.4) is 0 Å². The highest BCUT2D eigenvalue weighted by Gasteiger charge is 2.38. The maximum Gasteiger partial charge on any atom is 0.227 e. The smallest absolute Gasteiger partial charge is 0.227 e. The summed E-state index contributed by atoms with van der Waals surface area (Å²) in [5, 5.41) is 0. The lowest BCUT2D eigenvalue weighted by molar-refractivity contribution is -0.134. The number of likely N-dealkylation sites (tertiary alicyclic amines) is 2. The molecule has 6 heteroatoms. The Kier molecular flexibility index (Phi) is 5.65. The molecule has 0 spiro atoms. The summed E-state index contributed by atoms with van der Waals surface area (Å²) in [7, 11) is 0. The molecule has 5 nitrogen and oxygen atoms in total. The molecule has 2 saturated heterocycles. The fraction of sp³-hybridized carbons (Fsp3) is 0.529. The van der Waals surface area contributed by atoms with E-state index in [0.29, 0.717) is 26.2 Å². The molecule has 2 amide bonds. The predicted molar refractivity (Wildman–Crippen MR) is 91.3 cm³/mol. The van der Waals surface area contributed by atoms with Gasteiger partial charge in [-0.15, -0.1) is 12.4 Å². The molecule has 0 aliphatic carbocycles. The maximum absolute atomic E-state index is 12.7. The first-order valence-electron chi connectivity index (χ1n) is 7.91. The molecular weight excluding hydrogens is 314 g/mol. The maximum atomic E-state index is 12.7. The number of nitrogens with two attached hydrogens (primary N) is 1. The second-order valence-electron chi connectivity index (χ2n) is 6.37. The van der Waals surface area contributed by atoms with Gasteiger partial charge in [0.25, 0.3) is 0 Å². The normalized spacial score (nSPS) is 27.0. The van der Waals surface area contributed by atoms with Crippen molar-refractivity contribution in [1.82, 2.24) is 9.80 Å². The average Bonchev–Trinajstić information content (AvgIpc) is 3.14. The zero-order valence-corrected chi connectivity index (χ0v) is 14.2. The van der Waals surface area contributed by atoms with Crippen molar-refractivity contribution in [2.45, 2.75) is 25.3 Å². The van der Waals surface area contributed by atoms with Gasteiger partial charge in [-0.3, -0.25) is 9.59 Å². The standard InChI is InChI=1S/C17H23N3O2.ClH/c1-12(21)19-8-7-14(9-19)17(22)20-10-15(16(18)11-20)13-5-3-2-4-6-13;/h2-6,14-16H,7-11,18H2,1H3;1H/t14?,15-,16+;/m0./s1. The fourth-order valence-corrected chi connectivity index (χ4v) is 3.57. The lowest BCUT2D eigenvalue weighted by atomic mass is 9.95. The van der Waals surface area contributed by atoms with Gasteiger partial charge in [0.1, 0.15) is 0 Å². The van der Waals surface area contributed by atoms with E-state index in [9.17, 15) is 9.59 Å². The predicted octanol–water partition coefficient (Wildman–Crippen LogP) is 1.23. The zero-order valence-electron chi connectivity index (χ0n) is 13.4. The molecule has 126 valence electrons. The van der Waals surface area contributed by atoms with Crippen molar-refractivity contribution in [2.24, 2.45) is 11.7 Å². The highest BCUT2D eigenvalue weighted by Crippen LogP contribution is 2.29. The minimum absolute atomic E-state index is 0. The second-order valence-corrected chi connectivity index (χ2v) is 6.37. The van der Waals surface area contributed by atoms with Crippen LogP contribution in [0.1, 0.15) is 24.8 Å². The Morgan fingerprint density at radius 3 is 2.39 bits per heavy atom. The number of carbonyl (C=O) groups excluding carboxylic acids is 2. The van der Waals surface area contributed by atoms with Crippen LogP contribution in [0.4, 0.5) is 0 Å². The van der Waals surface area contributed by atoms with Crippen LogP contribution in [0.5, 0.6) is 0 Å². The third-order valence-corrected chi connectivity index (χ3v) is 4.89. The molecule has 2 N–H and O–H groups in total. The van der Waals surface area contributed by atoms with Crippen molar-refractivity contribution in [1.29, 1.82) is 0 Å². The molecule has 3 rings (SSSR count). The second kappa shape index (κ2) is 7.32. The van der Waals surface area contributed by atoms with E-state index in [1.54, 1.807) is 11.8 Å². The van der Waals surface area contributed by atoms with Gasteiger partial charge in [-0.05, 0) is 12.0 Å². The minimum Gasteiger partial charge on any atom is -0.342 e. The Morgan fingerprint density at radius 1 is 1.09 bits per heavy atom. The monoisotopic (exact) mass is 337 g/mol. The largest absolute Gasteiger partial charge is 0.342 e. The first kappa shape index (κ1) is 17.8. The number of halogens is 1. The van der Waals surface area contributed by atoms with Gasteiger partial charge >= 0.3 is 0 Å². The van der Waals surface area contributed by atoms with Crippen LogP contribution < -0.4 is 5.73 Å². The number of carbonyl (C=O) groups is 2. The number of rotatable bonds is 2. The number of hydrogen-bond donors (Lipinski definition) is 1. The van der Waals surface area contributed by atoms with Gasteiger partial charge in [-0.2, -0.15) is 0 Å². The molecule has 2 aliphatic heterocycles. The molecule has 23 heavy (non-hydrogen) atoms. The van der Waals surface area contributed by atoms with Crippen molar-refractivity contribution in [2.75, 3.05) is 26.2 Å². The summed E-state index contributed by atoms with van der Waals surface area (Å²) in [4.78, 5) is 27.7. The van der Waals surface area contributed by atoms with Crippen LogP contribution in [0, 0.1) is 5.92 Å². The molecule has 2 aliphatic rings. The molecule has 0 bridgehead atoms. The molecule has 2 heterocycles. The Balaban J connectivity index is 0.00000192. The lowest BCUT2D eigenvalue weighted by Gasteiger charge is -2.21. The van der Waals surface area contributed by atoms with Crippen molar-refractivity contribution in [3.8, 4) is 0 Å². The number of benzene rings is 1. The summed E-state index contributed by atoms with van der Waals surface area (Å²) in [5.41, 5.74) is 7.45. The topological polar surface area (TPSA) is 66.6 Å². The van der Waals surface area contributed by atoms with Gasteiger partial charge in [0.2, 0.25) is 11.8 Å². The molecule has 2 fully saturated rings. The van der Waals surface area contributed by atoms with Crippen LogP contribution in [-0.2, 0) is 9.59 Å². The van der Waals surface area contributed by atoms with Crippen molar-refractivity contribution >= 4 is 24.2 Å². The molecule has 3 atom stereocenters. The van der Waals surface area contributed by atoms with Gasteiger partial charge < -0.3 is 15.5 Å². The Hall–Kier alpha value is -1.59. The summed E-state index contributed by atoms with van der Waals surface area (Å²) in [5.74, 6) is 0.342. The van der Waals surface area contributed by atoms with Gasteiger partial charge in [0.05, 0.1) is 5.92 Å². The number of nitrogens with zero attached hydrogens (tertiary/aromatic N) is 2. The molecule has 1 aromatic rings. The molecule has 0 radical (unpaired) electrons. The van der Waals surface area contributed by atoms with Crippen LogP contribution >= 0.6 is 12.4 Å². The average molecular weight is 338 g/mol.